The van der Waals surface area contributed by atoms with Gasteiger partial charge in [-0.3, -0.25) is 4.79 Å². The first-order valence-corrected chi connectivity index (χ1v) is 15.3. The fourth-order valence-electron chi connectivity index (χ4n) is 7.14. The second-order valence-electron chi connectivity index (χ2n) is 11.2. The van der Waals surface area contributed by atoms with Crippen molar-refractivity contribution in [1.82, 2.24) is 9.13 Å². The van der Waals surface area contributed by atoms with Gasteiger partial charge in [-0.1, -0.05) is 71.9 Å². The molecule has 1 amide bonds. The molecule has 0 N–H and O–H groups in total. The summed E-state index contributed by atoms with van der Waals surface area (Å²) in [6, 6.07) is 18.2. The maximum atomic E-state index is 14.2. The molecule has 1 aromatic heterocycles. The molecule has 2 aromatic carbocycles. The first-order chi connectivity index (χ1) is 17.1. The zero-order chi connectivity index (χ0) is 26.3. The van der Waals surface area contributed by atoms with Crippen LogP contribution < -0.4 is 0 Å². The maximum Gasteiger partial charge on any atom is 0.409 e. The predicted octanol–water partition coefficient (Wildman–Crippen LogP) is 7.26. The van der Waals surface area contributed by atoms with Crippen molar-refractivity contribution in [1.29, 1.82) is 0 Å². The smallest absolute Gasteiger partial charge is 0.409 e. The van der Waals surface area contributed by atoms with E-state index in [-0.39, 0.29) is 11.9 Å². The summed E-state index contributed by atoms with van der Waals surface area (Å²) < 4.78 is 7.56. The number of fused-ring (bicyclic) bond motifs is 1. The molecule has 0 aliphatic carbocycles. The Morgan fingerprint density at radius 3 is 2.14 bits per heavy atom. The van der Waals surface area contributed by atoms with Gasteiger partial charge < -0.3 is 13.9 Å². The summed E-state index contributed by atoms with van der Waals surface area (Å²) >= 11 is 0. The molecule has 0 spiro atoms. The number of amides is 1. The van der Waals surface area contributed by atoms with Gasteiger partial charge in [0.15, 0.2) is 14.0 Å². The van der Waals surface area contributed by atoms with Crippen LogP contribution in [0.5, 0.6) is 0 Å². The van der Waals surface area contributed by atoms with Crippen LogP contribution >= 0.6 is 0 Å². The SMILES string of the molecule is COC(=O)N1CCC(C(=O)c2ccc3c(ccn3[Si](C(C)C)(C(C)C)C(C)C)c2)(c2ccccc2)C1. The number of hydrogen-bond acceptors (Lipinski definition) is 3. The monoisotopic (exact) mass is 504 g/mol. The maximum absolute atomic E-state index is 14.2. The van der Waals surface area contributed by atoms with Crippen molar-refractivity contribution in [2.45, 2.75) is 70.0 Å². The molecule has 2 heterocycles. The van der Waals surface area contributed by atoms with Crippen molar-refractivity contribution in [3.8, 4) is 0 Å². The third-order valence-corrected chi connectivity index (χ3v) is 15.4. The first kappa shape index (κ1) is 26.2. The van der Waals surface area contributed by atoms with Gasteiger partial charge in [0, 0.05) is 24.2 Å². The summed E-state index contributed by atoms with van der Waals surface area (Å²) in [5.41, 5.74) is 3.82. The zero-order valence-corrected chi connectivity index (χ0v) is 23.7. The molecule has 4 rings (SSSR count). The van der Waals surface area contributed by atoms with Crippen molar-refractivity contribution in [3.63, 3.8) is 0 Å². The van der Waals surface area contributed by atoms with Crippen LogP contribution in [0, 0.1) is 0 Å². The van der Waals surface area contributed by atoms with Crippen LogP contribution in [-0.2, 0) is 10.2 Å². The standard InChI is InChI=1S/C30H40N2O3Si/c1-21(2)36(22(3)4,23(5)6)32-17-15-24-19-25(13-14-27(24)32)28(33)30(26-11-9-8-10-12-26)16-18-31(20-30)29(34)35-7/h8-15,17,19,21-23H,16,18,20H2,1-7H3. The topological polar surface area (TPSA) is 51.5 Å². The molecule has 192 valence electrons. The zero-order valence-electron chi connectivity index (χ0n) is 22.7. The number of ketones is 1. The summed E-state index contributed by atoms with van der Waals surface area (Å²) in [6.45, 7) is 15.0. The quantitative estimate of drug-likeness (QED) is 0.251. The molecule has 1 atom stereocenters. The van der Waals surface area contributed by atoms with E-state index < -0.39 is 13.7 Å². The minimum Gasteiger partial charge on any atom is -0.453 e. The van der Waals surface area contributed by atoms with E-state index in [0.717, 1.165) is 10.9 Å². The molecule has 1 unspecified atom stereocenters. The second-order valence-corrected chi connectivity index (χ2v) is 17.0. The van der Waals surface area contributed by atoms with Gasteiger partial charge in [-0.15, -0.1) is 0 Å². The van der Waals surface area contributed by atoms with Crippen LogP contribution in [0.15, 0.2) is 60.8 Å². The average molecular weight is 505 g/mol. The number of hydrogen-bond donors (Lipinski definition) is 0. The lowest BCUT2D eigenvalue weighted by molar-refractivity contribution is 0.0881. The van der Waals surface area contributed by atoms with Gasteiger partial charge in [0.25, 0.3) is 0 Å². The van der Waals surface area contributed by atoms with Crippen molar-refractivity contribution in [2.75, 3.05) is 20.2 Å². The third kappa shape index (κ3) is 3.99. The van der Waals surface area contributed by atoms with Gasteiger partial charge in [0.2, 0.25) is 0 Å². The molecular formula is C30H40N2O3Si. The van der Waals surface area contributed by atoms with E-state index in [2.05, 4.69) is 70.2 Å². The Balaban J connectivity index is 1.80. The lowest BCUT2D eigenvalue weighted by Crippen LogP contribution is -2.51. The normalized spacial score (nSPS) is 18.6. The van der Waals surface area contributed by atoms with Crippen LogP contribution in [-0.4, -0.2) is 49.4 Å². The van der Waals surface area contributed by atoms with Crippen LogP contribution in [0.2, 0.25) is 16.6 Å². The van der Waals surface area contributed by atoms with Crippen LogP contribution in [0.4, 0.5) is 4.79 Å². The number of benzene rings is 2. The highest BCUT2D eigenvalue weighted by Crippen LogP contribution is 2.45. The number of ether oxygens (including phenoxy) is 1. The Morgan fingerprint density at radius 2 is 1.56 bits per heavy atom. The van der Waals surface area contributed by atoms with Gasteiger partial charge in [0.1, 0.15) is 0 Å². The predicted molar refractivity (Wildman–Crippen MR) is 149 cm³/mol. The number of Topliss-reactive ketones (excluding diaryl/α,β-unsaturated/α-hetero) is 1. The number of carbonyl (C=O) groups is 2. The molecule has 3 aromatic rings. The molecule has 6 heteroatoms. The summed E-state index contributed by atoms with van der Waals surface area (Å²) in [6.07, 6.45) is 2.45. The third-order valence-electron chi connectivity index (χ3n) is 8.61. The number of methoxy groups -OCH3 is 1. The van der Waals surface area contributed by atoms with Gasteiger partial charge in [0.05, 0.1) is 12.5 Å². The minimum atomic E-state index is -1.91. The lowest BCUT2D eigenvalue weighted by atomic mass is 9.73. The van der Waals surface area contributed by atoms with E-state index in [1.54, 1.807) is 4.90 Å². The van der Waals surface area contributed by atoms with E-state index >= 15 is 0 Å². The number of carbonyl (C=O) groups excluding carboxylic acids is 2. The Kier molecular flexibility index (Phi) is 7.20. The molecule has 0 bridgehead atoms. The van der Waals surface area contributed by atoms with Gasteiger partial charge in [-0.2, -0.15) is 0 Å². The van der Waals surface area contributed by atoms with Crippen LogP contribution in [0.1, 0.15) is 63.9 Å². The molecule has 0 radical (unpaired) electrons. The fraction of sp³-hybridized carbons (Fsp3) is 0.467. The molecular weight excluding hydrogens is 464 g/mol. The largest absolute Gasteiger partial charge is 0.453 e. The number of likely N-dealkylation sites (tertiary alicyclic amines) is 1. The van der Waals surface area contributed by atoms with Crippen LogP contribution in [0.25, 0.3) is 10.9 Å². The van der Waals surface area contributed by atoms with Crippen molar-refractivity contribution >= 4 is 31.0 Å². The highest BCUT2D eigenvalue weighted by molar-refractivity contribution is 6.82. The molecule has 36 heavy (non-hydrogen) atoms. The number of nitrogens with zero attached hydrogens (tertiary/aromatic N) is 2. The Morgan fingerprint density at radius 1 is 0.917 bits per heavy atom. The Bertz CT molecular complexity index is 1230. The highest BCUT2D eigenvalue weighted by Gasteiger charge is 2.48. The van der Waals surface area contributed by atoms with E-state index in [4.69, 9.17) is 4.74 Å². The second kappa shape index (κ2) is 9.89. The summed E-state index contributed by atoms with van der Waals surface area (Å²) in [5, 5.41) is 1.10. The Labute approximate surface area is 216 Å². The van der Waals surface area contributed by atoms with Crippen LogP contribution in [0.3, 0.4) is 0 Å². The van der Waals surface area contributed by atoms with Gasteiger partial charge in [-0.25, -0.2) is 4.79 Å². The van der Waals surface area contributed by atoms with Gasteiger partial charge in [-0.05, 0) is 64.5 Å². The molecule has 5 nitrogen and oxygen atoms in total. The minimum absolute atomic E-state index is 0.0647. The van der Waals surface area contributed by atoms with Gasteiger partial charge >= 0.3 is 6.09 Å². The number of rotatable bonds is 7. The van der Waals surface area contributed by atoms with Crippen molar-refractivity contribution < 1.29 is 14.3 Å². The van der Waals surface area contributed by atoms with E-state index in [9.17, 15) is 9.59 Å². The first-order valence-electron chi connectivity index (χ1n) is 13.1. The van der Waals surface area contributed by atoms with Crippen molar-refractivity contribution in [2.24, 2.45) is 0 Å². The van der Waals surface area contributed by atoms with E-state index in [1.165, 1.54) is 12.6 Å². The average Bonchev–Trinajstić information content (AvgIpc) is 3.49. The fourth-order valence-corrected chi connectivity index (χ4v) is 13.8. The molecule has 0 saturated carbocycles. The molecule has 1 aliphatic rings. The Hall–Kier alpha value is -2.86. The molecule has 1 fully saturated rings. The highest BCUT2D eigenvalue weighted by atomic mass is 28.3. The lowest BCUT2D eigenvalue weighted by Gasteiger charge is -2.44. The summed E-state index contributed by atoms with van der Waals surface area (Å²) in [7, 11) is -0.517. The van der Waals surface area contributed by atoms with Crippen molar-refractivity contribution in [3.05, 3.63) is 71.9 Å². The molecule has 1 aliphatic heterocycles. The van der Waals surface area contributed by atoms with E-state index in [1.807, 2.05) is 36.4 Å². The number of aromatic nitrogens is 1. The summed E-state index contributed by atoms with van der Waals surface area (Å²) in [5.74, 6) is 0.0647. The summed E-state index contributed by atoms with van der Waals surface area (Å²) in [4.78, 5) is 28.2. The molecule has 1 saturated heterocycles. The van der Waals surface area contributed by atoms with E-state index in [0.29, 0.717) is 41.7 Å².